The van der Waals surface area contributed by atoms with Gasteiger partial charge in [0.2, 0.25) is 5.95 Å². The summed E-state index contributed by atoms with van der Waals surface area (Å²) in [5.41, 5.74) is 3.50. The van der Waals surface area contributed by atoms with Crippen LogP contribution < -0.4 is 5.32 Å². The summed E-state index contributed by atoms with van der Waals surface area (Å²) < 4.78 is 7.30. The molecule has 0 saturated carbocycles. The highest BCUT2D eigenvalue weighted by Gasteiger charge is 2.12. The lowest BCUT2D eigenvalue weighted by molar-refractivity contribution is 0.190. The SMILES string of the molecule is CCc1ccccc1-n1cc(C)nc1NC(C)COC. The van der Waals surface area contributed by atoms with Crippen molar-refractivity contribution >= 4 is 5.95 Å². The van der Waals surface area contributed by atoms with E-state index >= 15 is 0 Å². The molecular weight excluding hydrogens is 250 g/mol. The monoisotopic (exact) mass is 273 g/mol. The average molecular weight is 273 g/mol. The molecule has 4 heteroatoms. The Kier molecular flexibility index (Phi) is 4.79. The molecule has 0 radical (unpaired) electrons. The van der Waals surface area contributed by atoms with Gasteiger partial charge in [-0.1, -0.05) is 25.1 Å². The topological polar surface area (TPSA) is 39.1 Å². The van der Waals surface area contributed by atoms with Gasteiger partial charge in [-0.05, 0) is 31.9 Å². The maximum Gasteiger partial charge on any atom is 0.208 e. The van der Waals surface area contributed by atoms with Crippen molar-refractivity contribution in [2.75, 3.05) is 19.0 Å². The van der Waals surface area contributed by atoms with Crippen LogP contribution in [0.15, 0.2) is 30.5 Å². The third-order valence-electron chi connectivity index (χ3n) is 3.25. The zero-order valence-electron chi connectivity index (χ0n) is 12.7. The molecule has 2 rings (SSSR count). The van der Waals surface area contributed by atoms with Gasteiger partial charge in [-0.2, -0.15) is 0 Å². The van der Waals surface area contributed by atoms with Gasteiger partial charge in [0, 0.05) is 19.3 Å². The Hall–Kier alpha value is -1.81. The first kappa shape index (κ1) is 14.6. The molecule has 1 atom stereocenters. The van der Waals surface area contributed by atoms with E-state index in [1.165, 1.54) is 11.3 Å². The number of aromatic nitrogens is 2. The third-order valence-corrected chi connectivity index (χ3v) is 3.25. The first-order valence-corrected chi connectivity index (χ1v) is 7.05. The number of nitrogens with zero attached hydrogens (tertiary/aromatic N) is 2. The van der Waals surface area contributed by atoms with E-state index in [-0.39, 0.29) is 6.04 Å². The minimum absolute atomic E-state index is 0.217. The van der Waals surface area contributed by atoms with E-state index in [0.717, 1.165) is 18.1 Å². The summed E-state index contributed by atoms with van der Waals surface area (Å²) in [5.74, 6) is 0.868. The highest BCUT2D eigenvalue weighted by Crippen LogP contribution is 2.21. The molecule has 0 bridgehead atoms. The normalized spacial score (nSPS) is 12.4. The van der Waals surface area contributed by atoms with Crippen LogP contribution in [0.4, 0.5) is 5.95 Å². The molecule has 1 N–H and O–H groups in total. The number of aryl methyl sites for hydroxylation is 2. The Bertz CT molecular complexity index is 563. The molecule has 1 aromatic carbocycles. The molecule has 1 aromatic heterocycles. The Morgan fingerprint density at radius 2 is 2.10 bits per heavy atom. The second-order valence-electron chi connectivity index (χ2n) is 5.06. The van der Waals surface area contributed by atoms with Gasteiger partial charge in [-0.25, -0.2) is 4.98 Å². The maximum atomic E-state index is 5.17. The van der Waals surface area contributed by atoms with Crippen molar-refractivity contribution in [3.63, 3.8) is 0 Å². The van der Waals surface area contributed by atoms with Crippen LogP contribution >= 0.6 is 0 Å². The molecule has 0 fully saturated rings. The van der Waals surface area contributed by atoms with Crippen molar-refractivity contribution in [3.05, 3.63) is 41.7 Å². The standard InChI is InChI=1S/C16H23N3O/c1-5-14-8-6-7-9-15(14)19-10-12(2)17-16(19)18-13(3)11-20-4/h6-10,13H,5,11H2,1-4H3,(H,17,18). The number of nitrogens with one attached hydrogen (secondary N) is 1. The fourth-order valence-corrected chi connectivity index (χ4v) is 2.34. The van der Waals surface area contributed by atoms with Crippen molar-refractivity contribution in [3.8, 4) is 5.69 Å². The van der Waals surface area contributed by atoms with Crippen molar-refractivity contribution in [1.29, 1.82) is 0 Å². The largest absolute Gasteiger partial charge is 0.383 e. The second-order valence-corrected chi connectivity index (χ2v) is 5.06. The molecule has 20 heavy (non-hydrogen) atoms. The van der Waals surface area contributed by atoms with Gasteiger partial charge >= 0.3 is 0 Å². The lowest BCUT2D eigenvalue weighted by Gasteiger charge is -2.16. The number of methoxy groups -OCH3 is 1. The van der Waals surface area contributed by atoms with Gasteiger partial charge in [0.25, 0.3) is 0 Å². The smallest absolute Gasteiger partial charge is 0.208 e. The van der Waals surface area contributed by atoms with Crippen LogP contribution in [-0.2, 0) is 11.2 Å². The lowest BCUT2D eigenvalue weighted by atomic mass is 10.1. The fraction of sp³-hybridized carbons (Fsp3) is 0.438. The van der Waals surface area contributed by atoms with E-state index in [1.807, 2.05) is 6.92 Å². The minimum Gasteiger partial charge on any atom is -0.383 e. The van der Waals surface area contributed by atoms with Crippen LogP contribution in [0.1, 0.15) is 25.1 Å². The van der Waals surface area contributed by atoms with Crippen LogP contribution in [0, 0.1) is 6.92 Å². The predicted octanol–water partition coefficient (Wildman–Crippen LogP) is 3.19. The number of hydrogen-bond donors (Lipinski definition) is 1. The van der Waals surface area contributed by atoms with Gasteiger partial charge < -0.3 is 10.1 Å². The summed E-state index contributed by atoms with van der Waals surface area (Å²) in [7, 11) is 1.71. The molecule has 0 spiro atoms. The van der Waals surface area contributed by atoms with Crippen molar-refractivity contribution in [1.82, 2.24) is 9.55 Å². The number of hydrogen-bond acceptors (Lipinski definition) is 3. The number of anilines is 1. The van der Waals surface area contributed by atoms with E-state index in [1.54, 1.807) is 7.11 Å². The highest BCUT2D eigenvalue weighted by molar-refractivity contribution is 5.48. The van der Waals surface area contributed by atoms with E-state index in [4.69, 9.17) is 4.74 Å². The molecule has 108 valence electrons. The van der Waals surface area contributed by atoms with Crippen LogP contribution in [0.25, 0.3) is 5.69 Å². The molecule has 0 aliphatic carbocycles. The predicted molar refractivity (Wildman–Crippen MR) is 82.6 cm³/mol. The summed E-state index contributed by atoms with van der Waals surface area (Å²) in [5, 5.41) is 3.41. The Morgan fingerprint density at radius 3 is 2.80 bits per heavy atom. The van der Waals surface area contributed by atoms with E-state index in [2.05, 4.69) is 59.2 Å². The summed E-state index contributed by atoms with van der Waals surface area (Å²) >= 11 is 0. The zero-order chi connectivity index (χ0) is 14.5. The molecule has 0 aliphatic heterocycles. The third kappa shape index (κ3) is 3.20. The Morgan fingerprint density at radius 1 is 1.35 bits per heavy atom. The number of para-hydroxylation sites is 1. The van der Waals surface area contributed by atoms with E-state index < -0.39 is 0 Å². The first-order valence-electron chi connectivity index (χ1n) is 7.05. The summed E-state index contributed by atoms with van der Waals surface area (Å²) in [4.78, 5) is 4.58. The summed E-state index contributed by atoms with van der Waals surface area (Å²) in [6.45, 7) is 6.92. The van der Waals surface area contributed by atoms with Gasteiger partial charge in [-0.15, -0.1) is 0 Å². The van der Waals surface area contributed by atoms with E-state index in [0.29, 0.717) is 6.61 Å². The van der Waals surface area contributed by atoms with Gasteiger partial charge in [0.1, 0.15) is 0 Å². The van der Waals surface area contributed by atoms with Gasteiger partial charge in [0.15, 0.2) is 0 Å². The maximum absolute atomic E-state index is 5.17. The zero-order valence-corrected chi connectivity index (χ0v) is 12.7. The van der Waals surface area contributed by atoms with Crippen LogP contribution in [0.3, 0.4) is 0 Å². The molecule has 0 amide bonds. The van der Waals surface area contributed by atoms with Crippen molar-refractivity contribution in [2.24, 2.45) is 0 Å². The number of benzene rings is 1. The number of rotatable bonds is 6. The lowest BCUT2D eigenvalue weighted by Crippen LogP contribution is -2.23. The Balaban J connectivity index is 2.36. The van der Waals surface area contributed by atoms with Crippen LogP contribution in [0.2, 0.25) is 0 Å². The summed E-state index contributed by atoms with van der Waals surface area (Å²) in [6, 6.07) is 8.65. The molecule has 1 heterocycles. The second kappa shape index (κ2) is 6.57. The average Bonchev–Trinajstić information content (AvgIpc) is 2.79. The van der Waals surface area contributed by atoms with E-state index in [9.17, 15) is 0 Å². The van der Waals surface area contributed by atoms with Crippen LogP contribution in [-0.4, -0.2) is 29.3 Å². The number of ether oxygens (including phenoxy) is 1. The van der Waals surface area contributed by atoms with Crippen molar-refractivity contribution < 1.29 is 4.74 Å². The summed E-state index contributed by atoms with van der Waals surface area (Å²) in [6.07, 6.45) is 3.07. The molecular formula is C16H23N3O. The molecule has 1 unspecified atom stereocenters. The molecule has 4 nitrogen and oxygen atoms in total. The first-order chi connectivity index (χ1) is 9.65. The number of imidazole rings is 1. The fourth-order valence-electron chi connectivity index (χ4n) is 2.34. The Labute approximate surface area is 120 Å². The van der Waals surface area contributed by atoms with Gasteiger partial charge in [0.05, 0.1) is 18.0 Å². The van der Waals surface area contributed by atoms with Crippen molar-refractivity contribution in [2.45, 2.75) is 33.2 Å². The minimum atomic E-state index is 0.217. The molecule has 2 aromatic rings. The van der Waals surface area contributed by atoms with Gasteiger partial charge in [-0.3, -0.25) is 4.57 Å². The molecule has 0 aliphatic rings. The molecule has 0 saturated heterocycles. The highest BCUT2D eigenvalue weighted by atomic mass is 16.5. The van der Waals surface area contributed by atoms with Crippen LogP contribution in [0.5, 0.6) is 0 Å². The quantitative estimate of drug-likeness (QED) is 0.878.